The SMILES string of the molecule is Cc1cc(Nc2ncc(P)c(NC3CCCC3)n2)ccc1N1CCN(C)CC1.NC=O. The monoisotopic (exact) mass is 443 g/mol. The van der Waals surface area contributed by atoms with Gasteiger partial charge in [-0.3, -0.25) is 4.79 Å². The number of amides is 1. The van der Waals surface area contributed by atoms with Crippen LogP contribution in [0.5, 0.6) is 0 Å². The summed E-state index contributed by atoms with van der Waals surface area (Å²) in [6.07, 6.45) is 7.17. The summed E-state index contributed by atoms with van der Waals surface area (Å²) in [5.74, 6) is 1.55. The second-order valence-electron chi connectivity index (χ2n) is 8.18. The molecule has 1 aromatic carbocycles. The molecule has 4 rings (SSSR count). The van der Waals surface area contributed by atoms with Gasteiger partial charge in [0.15, 0.2) is 0 Å². The number of hydrogen-bond donors (Lipinski definition) is 3. The first-order valence-corrected chi connectivity index (χ1v) is 11.4. The van der Waals surface area contributed by atoms with E-state index in [1.807, 2.05) is 6.20 Å². The summed E-state index contributed by atoms with van der Waals surface area (Å²) < 4.78 is 0. The van der Waals surface area contributed by atoms with E-state index in [0.717, 1.165) is 43.0 Å². The molecule has 9 heteroatoms. The molecule has 1 saturated heterocycles. The van der Waals surface area contributed by atoms with Crippen LogP contribution < -0.4 is 26.6 Å². The van der Waals surface area contributed by atoms with Crippen molar-refractivity contribution < 1.29 is 4.79 Å². The Morgan fingerprint density at radius 1 is 1.19 bits per heavy atom. The molecule has 1 atom stereocenters. The molecule has 1 aliphatic carbocycles. The van der Waals surface area contributed by atoms with E-state index in [2.05, 4.69) is 72.6 Å². The minimum absolute atomic E-state index is 0.250. The summed E-state index contributed by atoms with van der Waals surface area (Å²) in [7, 11) is 4.92. The van der Waals surface area contributed by atoms with Crippen LogP contribution in [0.2, 0.25) is 0 Å². The molecule has 0 bridgehead atoms. The molecule has 1 saturated carbocycles. The second kappa shape index (κ2) is 11.3. The van der Waals surface area contributed by atoms with Crippen molar-refractivity contribution in [2.45, 2.75) is 38.6 Å². The van der Waals surface area contributed by atoms with Gasteiger partial charge < -0.3 is 26.2 Å². The van der Waals surface area contributed by atoms with E-state index in [4.69, 9.17) is 9.78 Å². The van der Waals surface area contributed by atoms with Gasteiger partial charge in [-0.05, 0) is 50.6 Å². The lowest BCUT2D eigenvalue weighted by Gasteiger charge is -2.35. The highest BCUT2D eigenvalue weighted by Crippen LogP contribution is 2.26. The molecule has 0 spiro atoms. The molecule has 0 radical (unpaired) electrons. The minimum atomic E-state index is 0.250. The van der Waals surface area contributed by atoms with Crippen LogP contribution in [0.1, 0.15) is 31.2 Å². The van der Waals surface area contributed by atoms with Gasteiger partial charge in [0, 0.05) is 55.1 Å². The number of rotatable bonds is 5. The van der Waals surface area contributed by atoms with E-state index >= 15 is 0 Å². The molecule has 4 N–H and O–H groups in total. The lowest BCUT2D eigenvalue weighted by Crippen LogP contribution is -2.44. The van der Waals surface area contributed by atoms with Gasteiger partial charge >= 0.3 is 0 Å². The number of nitrogens with one attached hydrogen (secondary N) is 2. The largest absolute Gasteiger partial charge is 0.372 e. The number of nitrogens with zero attached hydrogens (tertiary/aromatic N) is 4. The quantitative estimate of drug-likeness (QED) is 0.481. The Morgan fingerprint density at radius 2 is 1.87 bits per heavy atom. The van der Waals surface area contributed by atoms with E-state index in [1.165, 1.54) is 36.9 Å². The van der Waals surface area contributed by atoms with E-state index in [9.17, 15) is 0 Å². The minimum Gasteiger partial charge on any atom is -0.372 e. The third-order valence-corrected chi connectivity index (χ3v) is 6.23. The van der Waals surface area contributed by atoms with Crippen LogP contribution in [0.25, 0.3) is 0 Å². The molecule has 1 aliphatic heterocycles. The molecule has 1 amide bonds. The lowest BCUT2D eigenvalue weighted by molar-refractivity contribution is -0.106. The Morgan fingerprint density at radius 3 is 2.52 bits per heavy atom. The highest BCUT2D eigenvalue weighted by molar-refractivity contribution is 7.28. The first-order valence-electron chi connectivity index (χ1n) is 10.9. The van der Waals surface area contributed by atoms with Crippen LogP contribution in [0.4, 0.5) is 23.1 Å². The summed E-state index contributed by atoms with van der Waals surface area (Å²) in [5, 5.41) is 7.97. The van der Waals surface area contributed by atoms with Crippen LogP contribution in [0.3, 0.4) is 0 Å². The fraction of sp³-hybridized carbons (Fsp3) is 0.500. The molecule has 31 heavy (non-hydrogen) atoms. The maximum absolute atomic E-state index is 8.58. The molecule has 2 heterocycles. The second-order valence-corrected chi connectivity index (χ2v) is 8.80. The van der Waals surface area contributed by atoms with Crippen molar-refractivity contribution in [2.24, 2.45) is 5.73 Å². The van der Waals surface area contributed by atoms with Crippen molar-refractivity contribution in [3.8, 4) is 0 Å². The normalized spacial score (nSPS) is 17.1. The van der Waals surface area contributed by atoms with Crippen LogP contribution in [0.15, 0.2) is 24.4 Å². The van der Waals surface area contributed by atoms with E-state index in [-0.39, 0.29) is 6.41 Å². The van der Waals surface area contributed by atoms with Crippen molar-refractivity contribution in [3.63, 3.8) is 0 Å². The van der Waals surface area contributed by atoms with Crippen molar-refractivity contribution in [2.75, 3.05) is 48.8 Å². The zero-order valence-corrected chi connectivity index (χ0v) is 19.6. The lowest BCUT2D eigenvalue weighted by atomic mass is 10.1. The van der Waals surface area contributed by atoms with Gasteiger partial charge in [0.1, 0.15) is 5.82 Å². The Kier molecular flexibility index (Phi) is 8.43. The van der Waals surface area contributed by atoms with E-state index in [1.54, 1.807) is 0 Å². The van der Waals surface area contributed by atoms with Gasteiger partial charge in [-0.15, -0.1) is 0 Å². The molecule has 1 unspecified atom stereocenters. The predicted molar refractivity (Wildman–Crippen MR) is 132 cm³/mol. The average molecular weight is 444 g/mol. The number of benzene rings is 1. The molecule has 168 valence electrons. The average Bonchev–Trinajstić information content (AvgIpc) is 3.25. The number of aromatic nitrogens is 2. The Bertz CT molecular complexity index is 865. The first-order chi connectivity index (χ1) is 15.0. The molecule has 2 aromatic rings. The highest BCUT2D eigenvalue weighted by atomic mass is 31.0. The summed E-state index contributed by atoms with van der Waals surface area (Å²) in [6.45, 7) is 6.58. The van der Waals surface area contributed by atoms with Gasteiger partial charge in [-0.1, -0.05) is 22.1 Å². The summed E-state index contributed by atoms with van der Waals surface area (Å²) in [6, 6.07) is 7.07. The zero-order valence-electron chi connectivity index (χ0n) is 18.5. The highest BCUT2D eigenvalue weighted by Gasteiger charge is 2.18. The zero-order chi connectivity index (χ0) is 22.2. The molecule has 2 fully saturated rings. The van der Waals surface area contributed by atoms with E-state index < -0.39 is 0 Å². The Balaban J connectivity index is 0.000000858. The number of likely N-dealkylation sites (N-methyl/N-ethyl adjacent to an activating group) is 1. The van der Waals surface area contributed by atoms with Gasteiger partial charge in [0.2, 0.25) is 12.4 Å². The fourth-order valence-corrected chi connectivity index (χ4v) is 4.32. The summed E-state index contributed by atoms with van der Waals surface area (Å²) >= 11 is 0. The molecule has 2 aliphatic rings. The number of nitrogens with two attached hydrogens (primary N) is 1. The third kappa shape index (κ3) is 6.52. The molecule has 8 nitrogen and oxygen atoms in total. The third-order valence-electron chi connectivity index (χ3n) is 5.81. The maximum Gasteiger partial charge on any atom is 0.229 e. The predicted octanol–water partition coefficient (Wildman–Crippen LogP) is 2.24. The van der Waals surface area contributed by atoms with Crippen molar-refractivity contribution in [3.05, 3.63) is 30.0 Å². The van der Waals surface area contributed by atoms with Gasteiger partial charge in [0.05, 0.1) is 0 Å². The number of carbonyl (C=O) groups excluding carboxylic acids is 1. The van der Waals surface area contributed by atoms with Gasteiger partial charge in [-0.2, -0.15) is 4.98 Å². The fourth-order valence-electron chi connectivity index (χ4n) is 4.09. The van der Waals surface area contributed by atoms with Crippen LogP contribution in [0, 0.1) is 6.92 Å². The number of hydrogen-bond acceptors (Lipinski definition) is 7. The first kappa shape index (κ1) is 23.2. The van der Waals surface area contributed by atoms with E-state index in [0.29, 0.717) is 12.0 Å². The van der Waals surface area contributed by atoms with Gasteiger partial charge in [-0.25, -0.2) is 4.98 Å². The topological polar surface area (TPSA) is 99.4 Å². The Labute approximate surface area is 187 Å². The Hall–Kier alpha value is -2.44. The van der Waals surface area contributed by atoms with Crippen molar-refractivity contribution >= 4 is 44.1 Å². The number of anilines is 4. The standard InChI is InChI=1S/C21H31N6P.CH3NO/c1-15-13-17(7-8-18(15)27-11-9-26(2)10-12-27)24-21-22-14-19(28)20(25-21)23-16-5-3-4-6-16;2-1-3/h7-8,13-14,16H,3-6,9-12,28H2,1-2H3,(H2,22,23,24,25);1H,(H2,2,3). The number of piperazine rings is 1. The molecular formula is C22H34N7OP. The maximum atomic E-state index is 8.58. The van der Waals surface area contributed by atoms with Crippen LogP contribution >= 0.6 is 9.24 Å². The van der Waals surface area contributed by atoms with Crippen LogP contribution in [-0.4, -0.2) is 60.5 Å². The van der Waals surface area contributed by atoms with Crippen LogP contribution in [-0.2, 0) is 4.79 Å². The van der Waals surface area contributed by atoms with Crippen molar-refractivity contribution in [1.29, 1.82) is 0 Å². The molecule has 1 aromatic heterocycles. The van der Waals surface area contributed by atoms with Crippen molar-refractivity contribution in [1.82, 2.24) is 14.9 Å². The number of primary amides is 1. The smallest absolute Gasteiger partial charge is 0.229 e. The number of aryl methyl sites for hydroxylation is 1. The number of carbonyl (C=O) groups is 1. The summed E-state index contributed by atoms with van der Waals surface area (Å²) in [4.78, 5) is 22.6. The summed E-state index contributed by atoms with van der Waals surface area (Å²) in [5.41, 5.74) is 7.80. The van der Waals surface area contributed by atoms with Gasteiger partial charge in [0.25, 0.3) is 0 Å². The molecular weight excluding hydrogens is 409 g/mol.